The summed E-state index contributed by atoms with van der Waals surface area (Å²) in [6.07, 6.45) is -0.803. The van der Waals surface area contributed by atoms with Crippen LogP contribution in [0.15, 0.2) is 40.7 Å². The maximum absolute atomic E-state index is 11.9. The van der Waals surface area contributed by atoms with Crippen LogP contribution in [0.5, 0.6) is 0 Å². The fraction of sp³-hybridized carbons (Fsp3) is 0.412. The van der Waals surface area contributed by atoms with Gasteiger partial charge in [-0.1, -0.05) is 12.1 Å². The minimum Gasteiger partial charge on any atom is -0.373 e. The number of aliphatic imine (C=N–C) groups is 1. The summed E-state index contributed by atoms with van der Waals surface area (Å²) in [5.41, 5.74) is 4.01. The number of aliphatic hydroxyl groups is 1. The molecule has 124 valence electrons. The lowest BCUT2D eigenvalue weighted by Crippen LogP contribution is -2.36. The first-order valence-electron chi connectivity index (χ1n) is 7.52. The fourth-order valence-corrected chi connectivity index (χ4v) is 2.42. The van der Waals surface area contributed by atoms with Crippen LogP contribution in [-0.2, 0) is 0 Å². The summed E-state index contributed by atoms with van der Waals surface area (Å²) in [5, 5.41) is 12.9. The number of nitrogens with zero attached hydrogens (tertiary/aromatic N) is 3. The number of rotatable bonds is 4. The van der Waals surface area contributed by atoms with Gasteiger partial charge in [-0.2, -0.15) is 0 Å². The summed E-state index contributed by atoms with van der Waals surface area (Å²) in [6.45, 7) is 2.60. The first-order valence-corrected chi connectivity index (χ1v) is 7.52. The van der Waals surface area contributed by atoms with E-state index < -0.39 is 6.23 Å². The lowest BCUT2D eigenvalue weighted by atomic mass is 10.0. The topological polar surface area (TPSA) is 68.2 Å². The summed E-state index contributed by atoms with van der Waals surface area (Å²) < 4.78 is 0. The van der Waals surface area contributed by atoms with Gasteiger partial charge in [0.05, 0.1) is 12.3 Å². The molecule has 23 heavy (non-hydrogen) atoms. The molecule has 2 N–H and O–H groups in total. The Kier molecular flexibility index (Phi) is 5.18. The largest absolute Gasteiger partial charge is 0.373 e. The van der Waals surface area contributed by atoms with Gasteiger partial charge in [0.2, 0.25) is 0 Å². The Bertz CT molecular complexity index is 647. The highest BCUT2D eigenvalue weighted by Crippen LogP contribution is 2.20. The Labute approximate surface area is 137 Å². The van der Waals surface area contributed by atoms with Crippen molar-refractivity contribution in [3.8, 4) is 0 Å². The predicted octanol–water partition coefficient (Wildman–Crippen LogP) is 0.892. The molecule has 1 aliphatic heterocycles. The molecule has 0 saturated heterocycles. The van der Waals surface area contributed by atoms with Gasteiger partial charge in [-0.25, -0.2) is 4.99 Å². The summed E-state index contributed by atoms with van der Waals surface area (Å²) in [7, 11) is 7.12. The van der Waals surface area contributed by atoms with Gasteiger partial charge in [0.25, 0.3) is 5.91 Å². The van der Waals surface area contributed by atoms with Crippen molar-refractivity contribution >= 4 is 11.6 Å². The van der Waals surface area contributed by atoms with Crippen molar-refractivity contribution < 1.29 is 9.90 Å². The van der Waals surface area contributed by atoms with Crippen molar-refractivity contribution in [2.75, 3.05) is 34.7 Å². The van der Waals surface area contributed by atoms with Gasteiger partial charge < -0.3 is 14.9 Å². The van der Waals surface area contributed by atoms with Crippen molar-refractivity contribution in [2.45, 2.75) is 13.2 Å². The second kappa shape index (κ2) is 6.93. The zero-order chi connectivity index (χ0) is 17.1. The molecule has 6 heteroatoms. The van der Waals surface area contributed by atoms with E-state index in [9.17, 15) is 9.90 Å². The standard InChI is InChI=1S/C17H24N4O2/c1-11-15(16(22)18-2)19-14(10-21(11)5)12-6-8-13(9-7-12)17(23)20(3)4/h6-9,16,18,22H,10H2,1-5H3. The van der Waals surface area contributed by atoms with Crippen molar-refractivity contribution in [2.24, 2.45) is 4.99 Å². The van der Waals surface area contributed by atoms with Crippen LogP contribution in [0.3, 0.4) is 0 Å². The van der Waals surface area contributed by atoms with Gasteiger partial charge in [0.1, 0.15) is 11.9 Å². The zero-order valence-corrected chi connectivity index (χ0v) is 14.3. The second-order valence-corrected chi connectivity index (χ2v) is 5.85. The molecule has 1 atom stereocenters. The van der Waals surface area contributed by atoms with Crippen LogP contribution in [0, 0.1) is 0 Å². The highest BCUT2D eigenvalue weighted by Gasteiger charge is 2.22. The number of likely N-dealkylation sites (N-methyl/N-ethyl adjacent to an activating group) is 2. The van der Waals surface area contributed by atoms with Crippen LogP contribution >= 0.6 is 0 Å². The highest BCUT2D eigenvalue weighted by molar-refractivity contribution is 6.04. The van der Waals surface area contributed by atoms with Crippen LogP contribution in [0.4, 0.5) is 0 Å². The van der Waals surface area contributed by atoms with E-state index in [0.717, 1.165) is 17.0 Å². The highest BCUT2D eigenvalue weighted by atomic mass is 16.3. The lowest BCUT2D eigenvalue weighted by Gasteiger charge is -2.29. The summed E-state index contributed by atoms with van der Waals surface area (Å²) in [6, 6.07) is 7.40. The smallest absolute Gasteiger partial charge is 0.253 e. The molecule has 0 radical (unpaired) electrons. The normalized spacial score (nSPS) is 16.3. The number of carbonyl (C=O) groups is 1. The van der Waals surface area contributed by atoms with Crippen molar-refractivity contribution in [3.05, 3.63) is 46.8 Å². The van der Waals surface area contributed by atoms with Crippen LogP contribution in [-0.4, -0.2) is 67.5 Å². The zero-order valence-electron chi connectivity index (χ0n) is 14.3. The van der Waals surface area contributed by atoms with Gasteiger partial charge in [0.15, 0.2) is 0 Å². The molecule has 1 aromatic carbocycles. The van der Waals surface area contributed by atoms with Gasteiger partial charge in [-0.15, -0.1) is 0 Å². The van der Waals surface area contributed by atoms with Crippen LogP contribution in [0.25, 0.3) is 0 Å². The van der Waals surface area contributed by atoms with Gasteiger partial charge in [-0.05, 0) is 31.7 Å². The van der Waals surface area contributed by atoms with Gasteiger partial charge >= 0.3 is 0 Å². The number of benzene rings is 1. The van der Waals surface area contributed by atoms with E-state index in [0.29, 0.717) is 17.8 Å². The molecular formula is C17H24N4O2. The van der Waals surface area contributed by atoms with Crippen LogP contribution < -0.4 is 5.32 Å². The number of hydrogen-bond acceptors (Lipinski definition) is 5. The summed E-state index contributed by atoms with van der Waals surface area (Å²) >= 11 is 0. The average molecular weight is 316 g/mol. The molecule has 0 fully saturated rings. The quantitative estimate of drug-likeness (QED) is 0.810. The van der Waals surface area contributed by atoms with Crippen molar-refractivity contribution in [1.82, 2.24) is 15.1 Å². The molecule has 1 unspecified atom stereocenters. The third-order valence-electron chi connectivity index (χ3n) is 3.99. The van der Waals surface area contributed by atoms with E-state index >= 15 is 0 Å². The first kappa shape index (κ1) is 17.2. The van der Waals surface area contributed by atoms with E-state index in [2.05, 4.69) is 15.2 Å². The Balaban J connectivity index is 2.33. The number of amides is 1. The lowest BCUT2D eigenvalue weighted by molar-refractivity contribution is 0.0827. The second-order valence-electron chi connectivity index (χ2n) is 5.85. The molecule has 0 spiro atoms. The van der Waals surface area contributed by atoms with E-state index in [1.165, 1.54) is 0 Å². The number of allylic oxidation sites excluding steroid dienone is 1. The van der Waals surface area contributed by atoms with E-state index in [4.69, 9.17) is 0 Å². The van der Waals surface area contributed by atoms with E-state index in [-0.39, 0.29) is 5.91 Å². The molecule has 0 aliphatic carbocycles. The molecule has 1 aromatic rings. The molecule has 2 rings (SSSR count). The molecule has 0 bridgehead atoms. The maximum atomic E-state index is 11.9. The molecule has 6 nitrogen and oxygen atoms in total. The van der Waals surface area contributed by atoms with E-state index in [1.807, 2.05) is 26.1 Å². The fourth-order valence-electron chi connectivity index (χ4n) is 2.42. The molecule has 0 aromatic heterocycles. The number of carbonyl (C=O) groups excluding carboxylic acids is 1. The molecule has 0 saturated carbocycles. The molecule has 1 heterocycles. The Morgan fingerprint density at radius 1 is 1.35 bits per heavy atom. The summed E-state index contributed by atoms with van der Waals surface area (Å²) in [4.78, 5) is 20.2. The Hall–Kier alpha value is -2.18. The monoisotopic (exact) mass is 316 g/mol. The number of aliphatic hydroxyl groups excluding tert-OH is 1. The first-order chi connectivity index (χ1) is 10.8. The average Bonchev–Trinajstić information content (AvgIpc) is 2.55. The van der Waals surface area contributed by atoms with Crippen LogP contribution in [0.1, 0.15) is 22.8 Å². The third kappa shape index (κ3) is 3.60. The predicted molar refractivity (Wildman–Crippen MR) is 91.4 cm³/mol. The van der Waals surface area contributed by atoms with Crippen molar-refractivity contribution in [3.63, 3.8) is 0 Å². The Morgan fingerprint density at radius 2 is 1.96 bits per heavy atom. The summed E-state index contributed by atoms with van der Waals surface area (Å²) in [5.74, 6) is -0.0266. The number of nitrogens with one attached hydrogen (secondary N) is 1. The molecule has 1 aliphatic rings. The maximum Gasteiger partial charge on any atom is 0.253 e. The Morgan fingerprint density at radius 3 is 2.48 bits per heavy atom. The number of hydrogen-bond donors (Lipinski definition) is 2. The van der Waals surface area contributed by atoms with Crippen LogP contribution in [0.2, 0.25) is 0 Å². The minimum absolute atomic E-state index is 0.0266. The van der Waals surface area contributed by atoms with Crippen molar-refractivity contribution in [1.29, 1.82) is 0 Å². The van der Waals surface area contributed by atoms with Gasteiger partial charge in [-0.3, -0.25) is 10.1 Å². The third-order valence-corrected chi connectivity index (χ3v) is 3.99. The SMILES string of the molecule is CNC(O)C1=C(C)N(C)CC(c2ccc(C(=O)N(C)C)cc2)=N1. The molecule has 1 amide bonds. The minimum atomic E-state index is -0.803. The molecular weight excluding hydrogens is 292 g/mol. The van der Waals surface area contributed by atoms with E-state index in [1.54, 1.807) is 38.2 Å². The van der Waals surface area contributed by atoms with Gasteiger partial charge in [0, 0.05) is 32.4 Å².